The van der Waals surface area contributed by atoms with Gasteiger partial charge in [0.2, 0.25) is 5.91 Å². The number of aliphatic hydroxyl groups is 1. The fourth-order valence-electron chi connectivity index (χ4n) is 3.87. The van der Waals surface area contributed by atoms with Crippen LogP contribution in [-0.2, 0) is 11.2 Å². The third-order valence-electron chi connectivity index (χ3n) is 5.45. The van der Waals surface area contributed by atoms with E-state index in [-0.39, 0.29) is 12.5 Å². The predicted octanol–water partition coefficient (Wildman–Crippen LogP) is 2.79. The number of hydrogen-bond donors (Lipinski definition) is 2. The van der Waals surface area contributed by atoms with E-state index in [9.17, 15) is 9.90 Å². The molecule has 2 heterocycles. The standard InChI is InChI=1S/C22H26ClN3O3/c23-19-3-1-2-4-21(19)26-11-9-25(10-12-26)14-17(27)15-29-18-6-7-20-16(13-18)5-8-22(28)24-20/h1-4,6-7,13,17,27H,5,8-12,14-15H2,(H,24,28)/t17-/m0/s1. The van der Waals surface area contributed by atoms with E-state index in [0.717, 1.165) is 60.3 Å². The van der Waals surface area contributed by atoms with Crippen molar-refractivity contribution in [2.45, 2.75) is 18.9 Å². The van der Waals surface area contributed by atoms with Gasteiger partial charge in [-0.05, 0) is 42.3 Å². The molecule has 1 fully saturated rings. The summed E-state index contributed by atoms with van der Waals surface area (Å²) < 4.78 is 5.79. The molecule has 1 amide bonds. The van der Waals surface area contributed by atoms with Crippen molar-refractivity contribution >= 4 is 28.9 Å². The van der Waals surface area contributed by atoms with E-state index in [1.54, 1.807) is 0 Å². The Hall–Kier alpha value is -2.28. The van der Waals surface area contributed by atoms with E-state index in [2.05, 4.69) is 15.1 Å². The van der Waals surface area contributed by atoms with Crippen LogP contribution >= 0.6 is 11.6 Å². The molecule has 2 aliphatic heterocycles. The summed E-state index contributed by atoms with van der Waals surface area (Å²) in [4.78, 5) is 16.0. The minimum Gasteiger partial charge on any atom is -0.491 e. The van der Waals surface area contributed by atoms with Gasteiger partial charge in [-0.15, -0.1) is 0 Å². The smallest absolute Gasteiger partial charge is 0.224 e. The Labute approximate surface area is 176 Å². The first-order valence-electron chi connectivity index (χ1n) is 10.0. The molecule has 0 spiro atoms. The molecule has 0 aromatic heterocycles. The van der Waals surface area contributed by atoms with Crippen molar-refractivity contribution in [3.8, 4) is 5.75 Å². The van der Waals surface area contributed by atoms with E-state index in [1.165, 1.54) is 0 Å². The molecule has 2 aliphatic rings. The fraction of sp³-hybridized carbons (Fsp3) is 0.409. The van der Waals surface area contributed by atoms with Crippen LogP contribution < -0.4 is 15.0 Å². The highest BCUT2D eigenvalue weighted by Crippen LogP contribution is 2.27. The number of halogens is 1. The van der Waals surface area contributed by atoms with Crippen molar-refractivity contribution in [1.29, 1.82) is 0 Å². The first kappa shape index (κ1) is 20.0. The number of nitrogens with one attached hydrogen (secondary N) is 1. The van der Waals surface area contributed by atoms with Crippen molar-refractivity contribution in [2.75, 3.05) is 49.5 Å². The summed E-state index contributed by atoms with van der Waals surface area (Å²) in [6, 6.07) is 13.6. The number of piperazine rings is 1. The molecule has 0 radical (unpaired) electrons. The summed E-state index contributed by atoms with van der Waals surface area (Å²) in [5, 5.41) is 14.0. The highest BCUT2D eigenvalue weighted by molar-refractivity contribution is 6.33. The molecule has 7 heteroatoms. The van der Waals surface area contributed by atoms with Crippen molar-refractivity contribution in [3.05, 3.63) is 53.1 Å². The largest absolute Gasteiger partial charge is 0.491 e. The number of benzene rings is 2. The van der Waals surface area contributed by atoms with E-state index >= 15 is 0 Å². The quantitative estimate of drug-likeness (QED) is 0.759. The number of carbonyl (C=O) groups excluding carboxylic acids is 1. The lowest BCUT2D eigenvalue weighted by atomic mass is 10.0. The first-order valence-corrected chi connectivity index (χ1v) is 10.4. The Bertz CT molecular complexity index is 868. The monoisotopic (exact) mass is 415 g/mol. The summed E-state index contributed by atoms with van der Waals surface area (Å²) >= 11 is 6.30. The van der Waals surface area contributed by atoms with E-state index in [0.29, 0.717) is 13.0 Å². The molecular formula is C22H26ClN3O3. The zero-order chi connectivity index (χ0) is 20.2. The zero-order valence-electron chi connectivity index (χ0n) is 16.3. The third-order valence-corrected chi connectivity index (χ3v) is 5.77. The van der Waals surface area contributed by atoms with Gasteiger partial charge in [-0.3, -0.25) is 9.69 Å². The van der Waals surface area contributed by atoms with Crippen LogP contribution in [0.25, 0.3) is 0 Å². The van der Waals surface area contributed by atoms with Crippen molar-refractivity contribution in [2.24, 2.45) is 0 Å². The van der Waals surface area contributed by atoms with Gasteiger partial charge in [0.1, 0.15) is 18.5 Å². The zero-order valence-corrected chi connectivity index (χ0v) is 17.1. The Kier molecular flexibility index (Phi) is 6.23. The Balaban J connectivity index is 1.23. The lowest BCUT2D eigenvalue weighted by Gasteiger charge is -2.37. The van der Waals surface area contributed by atoms with Crippen LogP contribution in [0.4, 0.5) is 11.4 Å². The Morgan fingerprint density at radius 3 is 2.69 bits per heavy atom. The highest BCUT2D eigenvalue weighted by atomic mass is 35.5. The second-order valence-electron chi connectivity index (χ2n) is 7.57. The molecule has 4 rings (SSSR count). The van der Waals surface area contributed by atoms with E-state index in [4.69, 9.17) is 16.3 Å². The normalized spacial score (nSPS) is 18.1. The number of para-hydroxylation sites is 1. The number of aryl methyl sites for hydroxylation is 1. The van der Waals surface area contributed by atoms with Gasteiger partial charge in [0.25, 0.3) is 0 Å². The number of anilines is 2. The molecule has 6 nitrogen and oxygen atoms in total. The molecule has 2 aromatic carbocycles. The lowest BCUT2D eigenvalue weighted by molar-refractivity contribution is -0.116. The SMILES string of the molecule is O=C1CCc2cc(OC[C@@H](O)CN3CCN(c4ccccc4Cl)CC3)ccc2N1. The Morgan fingerprint density at radius 1 is 1.10 bits per heavy atom. The van der Waals surface area contributed by atoms with Gasteiger partial charge >= 0.3 is 0 Å². The van der Waals surface area contributed by atoms with Crippen LogP contribution in [0.5, 0.6) is 5.75 Å². The van der Waals surface area contributed by atoms with Crippen LogP contribution in [0.2, 0.25) is 5.02 Å². The summed E-state index contributed by atoms with van der Waals surface area (Å²) in [7, 11) is 0. The van der Waals surface area contributed by atoms with Crippen molar-refractivity contribution in [3.63, 3.8) is 0 Å². The number of carbonyl (C=O) groups is 1. The van der Waals surface area contributed by atoms with Crippen LogP contribution in [0.3, 0.4) is 0 Å². The lowest BCUT2D eigenvalue weighted by Crippen LogP contribution is -2.49. The molecule has 29 heavy (non-hydrogen) atoms. The summed E-state index contributed by atoms with van der Waals surface area (Å²) in [5.74, 6) is 0.777. The molecule has 0 aliphatic carbocycles. The minimum atomic E-state index is -0.558. The topological polar surface area (TPSA) is 65.0 Å². The van der Waals surface area contributed by atoms with Crippen LogP contribution in [0.1, 0.15) is 12.0 Å². The number of nitrogens with zero attached hydrogens (tertiary/aromatic N) is 2. The molecule has 1 saturated heterocycles. The second kappa shape index (κ2) is 9.03. The third kappa shape index (κ3) is 5.01. The fourth-order valence-corrected chi connectivity index (χ4v) is 4.13. The molecule has 1 atom stereocenters. The van der Waals surface area contributed by atoms with Crippen LogP contribution in [0, 0.1) is 0 Å². The molecule has 154 valence electrons. The summed E-state index contributed by atoms with van der Waals surface area (Å²) in [5.41, 5.74) is 3.00. The summed E-state index contributed by atoms with van der Waals surface area (Å²) in [6.07, 6.45) is 0.660. The molecule has 0 bridgehead atoms. The maximum absolute atomic E-state index is 11.4. The minimum absolute atomic E-state index is 0.0521. The van der Waals surface area contributed by atoms with Gasteiger partial charge in [-0.2, -0.15) is 0 Å². The number of fused-ring (bicyclic) bond motifs is 1. The number of rotatable bonds is 6. The highest BCUT2D eigenvalue weighted by Gasteiger charge is 2.21. The molecule has 2 N–H and O–H groups in total. The molecular weight excluding hydrogens is 390 g/mol. The van der Waals surface area contributed by atoms with Crippen molar-refractivity contribution < 1.29 is 14.6 Å². The summed E-state index contributed by atoms with van der Waals surface area (Å²) in [6.45, 7) is 4.34. The average molecular weight is 416 g/mol. The first-order chi connectivity index (χ1) is 14.1. The van der Waals surface area contributed by atoms with Gasteiger partial charge in [-0.1, -0.05) is 23.7 Å². The van der Waals surface area contributed by atoms with Gasteiger partial charge in [0.15, 0.2) is 0 Å². The van der Waals surface area contributed by atoms with Gasteiger partial charge < -0.3 is 20.1 Å². The number of hydrogen-bond acceptors (Lipinski definition) is 5. The van der Waals surface area contributed by atoms with Crippen LogP contribution in [0.15, 0.2) is 42.5 Å². The number of ether oxygens (including phenoxy) is 1. The van der Waals surface area contributed by atoms with Gasteiger partial charge in [0, 0.05) is 44.8 Å². The maximum Gasteiger partial charge on any atom is 0.224 e. The molecule has 0 saturated carbocycles. The second-order valence-corrected chi connectivity index (χ2v) is 7.98. The van der Waals surface area contributed by atoms with E-state index in [1.807, 2.05) is 42.5 Å². The average Bonchev–Trinajstić information content (AvgIpc) is 2.73. The number of β-amino-alcohol motifs (C(OH)–C–C–N with tert-alkyl or cyclic N) is 1. The predicted molar refractivity (Wildman–Crippen MR) is 115 cm³/mol. The number of amides is 1. The van der Waals surface area contributed by atoms with Crippen molar-refractivity contribution in [1.82, 2.24) is 4.90 Å². The van der Waals surface area contributed by atoms with Crippen LogP contribution in [-0.4, -0.2) is 61.3 Å². The van der Waals surface area contributed by atoms with Gasteiger partial charge in [-0.25, -0.2) is 0 Å². The number of aliphatic hydroxyl groups excluding tert-OH is 1. The Morgan fingerprint density at radius 2 is 1.90 bits per heavy atom. The molecule has 0 unspecified atom stereocenters. The molecule has 2 aromatic rings. The van der Waals surface area contributed by atoms with E-state index < -0.39 is 6.10 Å². The maximum atomic E-state index is 11.4. The van der Waals surface area contributed by atoms with Gasteiger partial charge in [0.05, 0.1) is 10.7 Å².